The molecule has 4 atom stereocenters. The fourth-order valence-corrected chi connectivity index (χ4v) is 14.0. The molecule has 20 nitrogen and oxygen atoms in total. The molecule has 0 aliphatic carbocycles. The van der Waals surface area contributed by atoms with Crippen molar-refractivity contribution in [3.63, 3.8) is 0 Å². The van der Waals surface area contributed by atoms with Crippen molar-refractivity contribution in [2.75, 3.05) is 77.3 Å². The number of aliphatic hydroxyl groups excluding tert-OH is 8. The Morgan fingerprint density at radius 3 is 1.10 bits per heavy atom. The molecule has 0 radical (unpaired) electrons. The molecule has 61 heavy (non-hydrogen) atoms. The minimum Gasteiger partial charge on any atom is -0.394 e. The normalized spacial score (nSPS) is 13.1. The van der Waals surface area contributed by atoms with Crippen LogP contribution in [0.1, 0.15) is 60.7 Å². The molecular formula is C35H44I6N6O14. The molecule has 0 aliphatic rings. The highest BCUT2D eigenvalue weighted by molar-refractivity contribution is 14.1. The van der Waals surface area contributed by atoms with Gasteiger partial charge in [-0.25, -0.2) is 0 Å². The number of amides is 6. The lowest BCUT2D eigenvalue weighted by Crippen LogP contribution is -2.38. The molecule has 0 saturated carbocycles. The lowest BCUT2D eigenvalue weighted by atomic mass is 10.1. The maximum atomic E-state index is 13.7. The number of unbranched alkanes of at least 4 members (excludes halogenated alkanes) is 2. The first-order valence-corrected chi connectivity index (χ1v) is 24.3. The van der Waals surface area contributed by atoms with Crippen LogP contribution in [-0.4, -0.2) is 177 Å². The standard InChI is InChI=1S/C35H44I6N6O14/c1-46(8-14(52)10-48)34(60)20-22(36)18(24(38)28(26(20)40)44-30(56)16(54)12-50)32(58)42-6-4-3-5-7-43-33(59)19-23(37)21(35(61)47(2)9-15(53)11-49)27(41)29(25(19)39)45-31(57)17(55)13-51/h14-17,48-55H,3-13H2,1-2H3,(H,42,58)(H,43,59)(H,44,56)(H,45,57). The van der Waals surface area contributed by atoms with E-state index in [2.05, 4.69) is 21.3 Å². The molecule has 0 spiro atoms. The summed E-state index contributed by atoms with van der Waals surface area (Å²) in [5.74, 6) is -4.40. The second-order valence-corrected chi connectivity index (χ2v) is 19.6. The largest absolute Gasteiger partial charge is 0.394 e. The molecule has 340 valence electrons. The van der Waals surface area contributed by atoms with Crippen LogP contribution >= 0.6 is 136 Å². The number of likely N-dealkylation sites (N-methyl/N-ethyl adjacent to an activating group) is 2. The first-order chi connectivity index (χ1) is 28.6. The predicted molar refractivity (Wildman–Crippen MR) is 271 cm³/mol. The van der Waals surface area contributed by atoms with E-state index in [1.165, 1.54) is 14.1 Å². The average molecular weight is 1530 g/mol. The number of carbonyl (C=O) groups is 6. The quantitative estimate of drug-likeness (QED) is 0.0549. The summed E-state index contributed by atoms with van der Waals surface area (Å²) in [4.78, 5) is 82.0. The number of halogens is 6. The fourth-order valence-electron chi connectivity index (χ4n) is 5.20. The SMILES string of the molecule is CN(CC(O)CO)C(=O)c1c(I)c(NC(=O)C(O)CO)c(I)c(C(=O)NCCCCCNC(=O)c2c(I)c(NC(=O)C(O)CO)c(I)c(C(=O)N(C)CC(O)CO)c2I)c1I. The zero-order chi connectivity index (χ0) is 46.5. The Hall–Kier alpha value is -0.680. The molecule has 4 unspecified atom stereocenters. The second kappa shape index (κ2) is 27.1. The van der Waals surface area contributed by atoms with Gasteiger partial charge in [-0.3, -0.25) is 28.8 Å². The van der Waals surface area contributed by atoms with E-state index < -0.39 is 86.3 Å². The summed E-state index contributed by atoms with van der Waals surface area (Å²) in [7, 11) is 2.78. The highest BCUT2D eigenvalue weighted by atomic mass is 127. The van der Waals surface area contributed by atoms with Gasteiger partial charge >= 0.3 is 0 Å². The van der Waals surface area contributed by atoms with Gasteiger partial charge in [-0.2, -0.15) is 0 Å². The maximum absolute atomic E-state index is 13.7. The zero-order valence-electron chi connectivity index (χ0n) is 32.3. The summed E-state index contributed by atoms with van der Waals surface area (Å²) in [6, 6.07) is 0. The van der Waals surface area contributed by atoms with Crippen LogP contribution in [0, 0.1) is 21.4 Å². The summed E-state index contributed by atoms with van der Waals surface area (Å²) in [6.07, 6.45) is -4.68. The maximum Gasteiger partial charge on any atom is 0.255 e. The molecule has 2 rings (SSSR count). The monoisotopic (exact) mass is 1530 g/mol. The third-order valence-electron chi connectivity index (χ3n) is 8.47. The molecular weight excluding hydrogens is 1490 g/mol. The molecule has 2 aromatic carbocycles. The van der Waals surface area contributed by atoms with Gasteiger partial charge in [-0.15, -0.1) is 0 Å². The summed E-state index contributed by atoms with van der Waals surface area (Å²) in [6.45, 7) is -3.14. The molecule has 26 heteroatoms. The van der Waals surface area contributed by atoms with Crippen molar-refractivity contribution < 1.29 is 69.6 Å². The van der Waals surface area contributed by atoms with E-state index in [0.29, 0.717) is 19.3 Å². The Balaban J connectivity index is 2.28. The van der Waals surface area contributed by atoms with E-state index in [-0.39, 0.29) is 81.2 Å². The van der Waals surface area contributed by atoms with Gasteiger partial charge < -0.3 is 71.9 Å². The third-order valence-corrected chi connectivity index (χ3v) is 14.9. The van der Waals surface area contributed by atoms with Crippen molar-refractivity contribution >= 4 is 182 Å². The van der Waals surface area contributed by atoms with Crippen LogP contribution in [0.3, 0.4) is 0 Å². The molecule has 0 aromatic heterocycles. The molecule has 6 amide bonds. The Morgan fingerprint density at radius 1 is 0.492 bits per heavy atom. The van der Waals surface area contributed by atoms with Crippen molar-refractivity contribution in [3.05, 3.63) is 43.7 Å². The summed E-state index contributed by atoms with van der Waals surface area (Å²) in [5, 5.41) is 87.4. The van der Waals surface area contributed by atoms with Crippen LogP contribution in [-0.2, 0) is 9.59 Å². The van der Waals surface area contributed by atoms with Crippen LogP contribution in [0.4, 0.5) is 11.4 Å². The number of rotatable bonds is 22. The Morgan fingerprint density at radius 2 is 0.803 bits per heavy atom. The van der Waals surface area contributed by atoms with Gasteiger partial charge in [0, 0.05) is 47.4 Å². The Bertz CT molecular complexity index is 1830. The highest BCUT2D eigenvalue weighted by Gasteiger charge is 2.33. The van der Waals surface area contributed by atoms with E-state index >= 15 is 0 Å². The molecule has 0 aliphatic heterocycles. The molecule has 2 aromatic rings. The van der Waals surface area contributed by atoms with Crippen LogP contribution in [0.5, 0.6) is 0 Å². The molecule has 0 heterocycles. The van der Waals surface area contributed by atoms with E-state index in [0.717, 1.165) is 9.80 Å². The number of nitrogens with zero attached hydrogens (tertiary/aromatic N) is 2. The minimum atomic E-state index is -1.79. The highest BCUT2D eigenvalue weighted by Crippen LogP contribution is 2.38. The van der Waals surface area contributed by atoms with E-state index in [4.69, 9.17) is 0 Å². The second-order valence-electron chi connectivity index (χ2n) is 13.1. The van der Waals surface area contributed by atoms with Crippen LogP contribution in [0.25, 0.3) is 0 Å². The van der Waals surface area contributed by atoms with Gasteiger partial charge in [-0.1, -0.05) is 0 Å². The summed E-state index contributed by atoms with van der Waals surface area (Å²) >= 11 is 11.0. The van der Waals surface area contributed by atoms with Gasteiger partial charge in [-0.05, 0) is 155 Å². The summed E-state index contributed by atoms with van der Waals surface area (Å²) < 4.78 is 1.39. The number of hydrogen-bond acceptors (Lipinski definition) is 14. The van der Waals surface area contributed by atoms with Gasteiger partial charge in [0.05, 0.1) is 86.5 Å². The van der Waals surface area contributed by atoms with Crippen LogP contribution < -0.4 is 21.3 Å². The minimum absolute atomic E-state index is 0.0163. The van der Waals surface area contributed by atoms with Gasteiger partial charge in [0.2, 0.25) is 0 Å². The number of nitrogens with one attached hydrogen (secondary N) is 4. The fraction of sp³-hybridized carbons (Fsp3) is 0.486. The number of anilines is 2. The van der Waals surface area contributed by atoms with Crippen molar-refractivity contribution in [1.82, 2.24) is 20.4 Å². The molecule has 0 bridgehead atoms. The van der Waals surface area contributed by atoms with Gasteiger partial charge in [0.15, 0.2) is 12.2 Å². The van der Waals surface area contributed by atoms with Crippen LogP contribution in [0.2, 0.25) is 0 Å². The number of carbonyl (C=O) groups excluding carboxylic acids is 6. The lowest BCUT2D eigenvalue weighted by molar-refractivity contribution is -0.126. The molecule has 12 N–H and O–H groups in total. The number of benzene rings is 2. The van der Waals surface area contributed by atoms with Gasteiger partial charge in [0.1, 0.15) is 0 Å². The summed E-state index contributed by atoms with van der Waals surface area (Å²) in [5.41, 5.74) is 0.194. The first-order valence-electron chi connectivity index (χ1n) is 17.9. The Labute approximate surface area is 431 Å². The Kier molecular flexibility index (Phi) is 25.1. The lowest BCUT2D eigenvalue weighted by Gasteiger charge is -2.24. The van der Waals surface area contributed by atoms with Crippen molar-refractivity contribution in [3.8, 4) is 0 Å². The molecule has 0 saturated heterocycles. The van der Waals surface area contributed by atoms with E-state index in [9.17, 15) is 69.6 Å². The van der Waals surface area contributed by atoms with Gasteiger partial charge in [0.25, 0.3) is 35.4 Å². The third kappa shape index (κ3) is 15.2. The smallest absolute Gasteiger partial charge is 0.255 e. The number of hydrogen-bond donors (Lipinski definition) is 12. The molecule has 0 fully saturated rings. The van der Waals surface area contributed by atoms with Crippen LogP contribution in [0.15, 0.2) is 0 Å². The average Bonchev–Trinajstić information content (AvgIpc) is 3.22. The topological polar surface area (TPSA) is 319 Å². The van der Waals surface area contributed by atoms with Crippen molar-refractivity contribution in [2.24, 2.45) is 0 Å². The zero-order valence-corrected chi connectivity index (χ0v) is 45.2. The number of aliphatic hydroxyl groups is 8. The van der Waals surface area contributed by atoms with E-state index in [1.807, 2.05) is 136 Å². The van der Waals surface area contributed by atoms with Crippen molar-refractivity contribution in [1.29, 1.82) is 0 Å². The van der Waals surface area contributed by atoms with E-state index in [1.54, 1.807) is 0 Å². The predicted octanol–water partition coefficient (Wildman–Crippen LogP) is 0.0781. The first kappa shape index (κ1) is 56.4. The van der Waals surface area contributed by atoms with Crippen molar-refractivity contribution in [2.45, 2.75) is 43.7 Å².